The van der Waals surface area contributed by atoms with Crippen LogP contribution in [0.25, 0.3) is 0 Å². The Morgan fingerprint density at radius 3 is 2.68 bits per heavy atom. The van der Waals surface area contributed by atoms with Gasteiger partial charge in [0.15, 0.2) is 6.61 Å². The van der Waals surface area contributed by atoms with Crippen molar-refractivity contribution in [3.63, 3.8) is 0 Å². The molecule has 0 atom stereocenters. The fourth-order valence-electron chi connectivity index (χ4n) is 3.95. The van der Waals surface area contributed by atoms with E-state index in [2.05, 4.69) is 5.10 Å². The molecule has 1 aliphatic carbocycles. The number of halogens is 1. The lowest BCUT2D eigenvalue weighted by Gasteiger charge is -2.32. The van der Waals surface area contributed by atoms with Crippen LogP contribution in [-0.2, 0) is 24.2 Å². The molecule has 28 heavy (non-hydrogen) atoms. The van der Waals surface area contributed by atoms with Gasteiger partial charge in [-0.05, 0) is 67.9 Å². The Morgan fingerprint density at radius 1 is 1.18 bits per heavy atom. The van der Waals surface area contributed by atoms with E-state index >= 15 is 0 Å². The maximum Gasteiger partial charge on any atom is 0.267 e. The van der Waals surface area contributed by atoms with Crippen molar-refractivity contribution in [1.29, 1.82) is 0 Å². The van der Waals surface area contributed by atoms with Crippen LogP contribution < -0.4 is 10.3 Å². The molecule has 1 aromatic carbocycles. The Labute approximate surface area is 169 Å². The molecule has 1 saturated heterocycles. The summed E-state index contributed by atoms with van der Waals surface area (Å²) in [5.41, 5.74) is 2.18. The number of aromatic nitrogens is 2. The highest BCUT2D eigenvalue weighted by Crippen LogP contribution is 2.21. The van der Waals surface area contributed by atoms with Gasteiger partial charge in [0.05, 0.1) is 5.69 Å². The van der Waals surface area contributed by atoms with Crippen molar-refractivity contribution in [3.8, 4) is 5.75 Å². The first-order valence-corrected chi connectivity index (χ1v) is 10.2. The number of carbonyl (C=O) groups excluding carboxylic acids is 1. The van der Waals surface area contributed by atoms with E-state index < -0.39 is 0 Å². The van der Waals surface area contributed by atoms with Crippen LogP contribution >= 0.6 is 11.6 Å². The number of rotatable bonds is 5. The number of fused-ring (bicyclic) bond motifs is 1. The van der Waals surface area contributed by atoms with Crippen LogP contribution in [0.2, 0.25) is 5.02 Å². The third-order valence-electron chi connectivity index (χ3n) is 5.60. The highest BCUT2D eigenvalue weighted by Gasteiger charge is 2.24. The summed E-state index contributed by atoms with van der Waals surface area (Å²) in [6.07, 6.45) is 4.77. The van der Waals surface area contributed by atoms with Crippen LogP contribution in [0.4, 0.5) is 0 Å². The number of benzene rings is 1. The van der Waals surface area contributed by atoms with Crippen LogP contribution in [0.1, 0.15) is 30.5 Å². The predicted octanol–water partition coefficient (Wildman–Crippen LogP) is 2.70. The molecule has 1 aromatic heterocycles. The van der Waals surface area contributed by atoms with Crippen LogP contribution in [0.5, 0.6) is 5.75 Å². The number of hydrogen-bond acceptors (Lipinski definition) is 4. The molecule has 0 unspecified atom stereocenters. The van der Waals surface area contributed by atoms with Crippen LogP contribution in [0.15, 0.2) is 35.1 Å². The lowest BCUT2D eigenvalue weighted by molar-refractivity contribution is -0.134. The Kier molecular flexibility index (Phi) is 5.67. The Bertz CT molecular complexity index is 902. The minimum absolute atomic E-state index is 0.00415. The van der Waals surface area contributed by atoms with Gasteiger partial charge < -0.3 is 9.64 Å². The minimum Gasteiger partial charge on any atom is -0.484 e. The number of carbonyl (C=O) groups is 1. The first-order chi connectivity index (χ1) is 13.6. The molecule has 7 heteroatoms. The van der Waals surface area contributed by atoms with Crippen LogP contribution in [0.3, 0.4) is 0 Å². The van der Waals surface area contributed by atoms with E-state index in [0.29, 0.717) is 36.3 Å². The van der Waals surface area contributed by atoms with Crippen molar-refractivity contribution in [2.24, 2.45) is 5.92 Å². The van der Waals surface area contributed by atoms with Gasteiger partial charge in [-0.3, -0.25) is 9.59 Å². The number of piperidine rings is 1. The first-order valence-electron chi connectivity index (χ1n) is 9.84. The number of likely N-dealkylation sites (tertiary alicyclic amines) is 1. The SMILES string of the molecule is O=C(COc1ccc(Cl)cc1)N1CCC(Cn2nc3c(cc2=O)CCC3)CC1. The zero-order chi connectivity index (χ0) is 19.5. The van der Waals surface area contributed by atoms with Crippen molar-refractivity contribution in [1.82, 2.24) is 14.7 Å². The van der Waals surface area contributed by atoms with E-state index in [0.717, 1.165) is 43.4 Å². The van der Waals surface area contributed by atoms with E-state index in [1.54, 1.807) is 35.0 Å². The first kappa shape index (κ1) is 19.0. The molecule has 0 saturated carbocycles. The molecule has 1 aliphatic heterocycles. The molecule has 6 nitrogen and oxygen atoms in total. The standard InChI is InChI=1S/C21H24ClN3O3/c22-17-4-6-18(7-5-17)28-14-21(27)24-10-8-15(9-11-24)13-25-20(26)12-16-2-1-3-19(16)23-25/h4-7,12,15H,1-3,8-11,13-14H2. The molecule has 1 amide bonds. The van der Waals surface area contributed by atoms with E-state index in [1.807, 2.05) is 4.90 Å². The number of ether oxygens (including phenoxy) is 1. The second-order valence-corrected chi connectivity index (χ2v) is 7.99. The summed E-state index contributed by atoms with van der Waals surface area (Å²) in [7, 11) is 0. The Morgan fingerprint density at radius 2 is 1.93 bits per heavy atom. The third kappa shape index (κ3) is 4.38. The molecule has 0 spiro atoms. The third-order valence-corrected chi connectivity index (χ3v) is 5.85. The lowest BCUT2D eigenvalue weighted by atomic mass is 9.97. The van der Waals surface area contributed by atoms with Crippen LogP contribution in [0, 0.1) is 5.92 Å². The van der Waals surface area contributed by atoms with E-state index in [9.17, 15) is 9.59 Å². The van der Waals surface area contributed by atoms with Gasteiger partial charge in [-0.25, -0.2) is 4.68 Å². The minimum atomic E-state index is -0.0128. The van der Waals surface area contributed by atoms with Crippen molar-refractivity contribution in [3.05, 3.63) is 57.0 Å². The quantitative estimate of drug-likeness (QED) is 0.772. The van der Waals surface area contributed by atoms with Gasteiger partial charge in [0.25, 0.3) is 11.5 Å². The maximum atomic E-state index is 12.4. The molecule has 0 radical (unpaired) electrons. The monoisotopic (exact) mass is 401 g/mol. The largest absolute Gasteiger partial charge is 0.484 e. The van der Waals surface area contributed by atoms with Gasteiger partial charge in [-0.1, -0.05) is 11.6 Å². The Balaban J connectivity index is 1.27. The van der Waals surface area contributed by atoms with Gasteiger partial charge in [0.2, 0.25) is 0 Å². The fraction of sp³-hybridized carbons (Fsp3) is 0.476. The molecular formula is C21H24ClN3O3. The average Bonchev–Trinajstić information content (AvgIpc) is 3.15. The van der Waals surface area contributed by atoms with Gasteiger partial charge in [0, 0.05) is 30.7 Å². The second kappa shape index (κ2) is 8.35. The highest BCUT2D eigenvalue weighted by atomic mass is 35.5. The topological polar surface area (TPSA) is 64.4 Å². The average molecular weight is 402 g/mol. The van der Waals surface area contributed by atoms with E-state index in [4.69, 9.17) is 16.3 Å². The Hall–Kier alpha value is -2.34. The molecule has 148 valence electrons. The zero-order valence-electron chi connectivity index (χ0n) is 15.8. The molecule has 0 bridgehead atoms. The summed E-state index contributed by atoms with van der Waals surface area (Å²) in [6.45, 7) is 2.04. The van der Waals surface area contributed by atoms with E-state index in [-0.39, 0.29) is 18.1 Å². The predicted molar refractivity (Wildman–Crippen MR) is 107 cm³/mol. The molecular weight excluding hydrogens is 378 g/mol. The van der Waals surface area contributed by atoms with Gasteiger partial charge in [-0.2, -0.15) is 5.10 Å². The summed E-state index contributed by atoms with van der Waals surface area (Å²) >= 11 is 5.85. The van der Waals surface area contributed by atoms with Crippen molar-refractivity contribution in [2.45, 2.75) is 38.6 Å². The second-order valence-electron chi connectivity index (χ2n) is 7.56. The lowest BCUT2D eigenvalue weighted by Crippen LogP contribution is -2.42. The zero-order valence-corrected chi connectivity index (χ0v) is 16.5. The van der Waals surface area contributed by atoms with Crippen molar-refractivity contribution < 1.29 is 9.53 Å². The normalized spacial score (nSPS) is 16.8. The summed E-state index contributed by atoms with van der Waals surface area (Å²) in [5.74, 6) is 0.988. The van der Waals surface area contributed by atoms with Crippen molar-refractivity contribution in [2.75, 3.05) is 19.7 Å². The smallest absolute Gasteiger partial charge is 0.267 e. The number of amides is 1. The fourth-order valence-corrected chi connectivity index (χ4v) is 4.07. The van der Waals surface area contributed by atoms with Gasteiger partial charge >= 0.3 is 0 Å². The number of aryl methyl sites for hydroxylation is 2. The molecule has 2 heterocycles. The molecule has 0 N–H and O–H groups in total. The van der Waals surface area contributed by atoms with Gasteiger partial charge in [-0.15, -0.1) is 0 Å². The van der Waals surface area contributed by atoms with E-state index in [1.165, 1.54) is 0 Å². The number of hydrogen-bond donors (Lipinski definition) is 0. The van der Waals surface area contributed by atoms with Crippen molar-refractivity contribution >= 4 is 17.5 Å². The molecule has 2 aromatic rings. The van der Waals surface area contributed by atoms with Crippen LogP contribution in [-0.4, -0.2) is 40.3 Å². The summed E-state index contributed by atoms with van der Waals surface area (Å²) in [6, 6.07) is 8.73. The molecule has 4 rings (SSSR count). The highest BCUT2D eigenvalue weighted by molar-refractivity contribution is 6.30. The summed E-state index contributed by atoms with van der Waals surface area (Å²) < 4.78 is 7.17. The molecule has 1 fully saturated rings. The maximum absolute atomic E-state index is 12.4. The van der Waals surface area contributed by atoms with Gasteiger partial charge in [0.1, 0.15) is 5.75 Å². The molecule has 2 aliphatic rings. The number of nitrogens with zero attached hydrogens (tertiary/aromatic N) is 3. The summed E-state index contributed by atoms with van der Waals surface area (Å²) in [4.78, 5) is 26.5. The summed E-state index contributed by atoms with van der Waals surface area (Å²) in [5, 5.41) is 5.20.